The molecule has 0 aromatic rings. The molecule has 1 unspecified atom stereocenters. The number of hydrogen-bond donors (Lipinski definition) is 2. The smallest absolute Gasteiger partial charge is 0.233 e. The third-order valence-corrected chi connectivity index (χ3v) is 4.61. The maximum Gasteiger partial charge on any atom is 0.233 e. The lowest BCUT2D eigenvalue weighted by atomic mass is 9.81. The number of nitrogens with zero attached hydrogens (tertiary/aromatic N) is 1. The van der Waals surface area contributed by atoms with Crippen LogP contribution in [-0.4, -0.2) is 41.5 Å². The van der Waals surface area contributed by atoms with Crippen molar-refractivity contribution in [1.29, 1.82) is 0 Å². The molecule has 1 fully saturated rings. The summed E-state index contributed by atoms with van der Waals surface area (Å²) in [6, 6.07) is 0.137. The first-order chi connectivity index (χ1) is 8.96. The van der Waals surface area contributed by atoms with Gasteiger partial charge in [0.25, 0.3) is 0 Å². The van der Waals surface area contributed by atoms with Gasteiger partial charge in [-0.1, -0.05) is 26.1 Å². The first kappa shape index (κ1) is 16.4. The van der Waals surface area contributed by atoms with Gasteiger partial charge in [0.15, 0.2) is 0 Å². The number of thiocarbonyl (C=S) groups is 1. The van der Waals surface area contributed by atoms with Gasteiger partial charge in [-0.05, 0) is 45.7 Å². The molecule has 0 aromatic heterocycles. The van der Waals surface area contributed by atoms with Crippen LogP contribution < -0.4 is 11.1 Å². The Morgan fingerprint density at radius 3 is 2.32 bits per heavy atom. The van der Waals surface area contributed by atoms with Crippen molar-refractivity contribution in [1.82, 2.24) is 10.2 Å². The van der Waals surface area contributed by atoms with E-state index >= 15 is 0 Å². The number of hydrogen-bond acceptors (Lipinski definition) is 3. The van der Waals surface area contributed by atoms with Gasteiger partial charge in [-0.3, -0.25) is 4.79 Å². The molecule has 0 aromatic carbocycles. The van der Waals surface area contributed by atoms with Crippen molar-refractivity contribution in [2.24, 2.45) is 11.1 Å². The van der Waals surface area contributed by atoms with Crippen LogP contribution in [0.1, 0.15) is 46.5 Å². The van der Waals surface area contributed by atoms with Gasteiger partial charge in [0, 0.05) is 12.6 Å². The highest BCUT2D eigenvalue weighted by Crippen LogP contribution is 2.27. The monoisotopic (exact) mass is 285 g/mol. The van der Waals surface area contributed by atoms with Crippen LogP contribution in [0.25, 0.3) is 0 Å². The zero-order chi connectivity index (χ0) is 14.5. The standard InChI is InChI=1S/C14H27N3OS/c1-4-14(5-2,12(15)19)13(18)16-11(3)10-17-8-6-7-9-17/h11H,4-10H2,1-3H3,(H2,15,19)(H,16,18). The highest BCUT2D eigenvalue weighted by Gasteiger charge is 2.38. The molecule has 0 saturated carbocycles. The van der Waals surface area contributed by atoms with E-state index in [1.807, 2.05) is 20.8 Å². The molecule has 1 aliphatic heterocycles. The van der Waals surface area contributed by atoms with Crippen molar-refractivity contribution < 1.29 is 4.79 Å². The lowest BCUT2D eigenvalue weighted by Gasteiger charge is -2.31. The highest BCUT2D eigenvalue weighted by atomic mass is 32.1. The van der Waals surface area contributed by atoms with Gasteiger partial charge in [0.2, 0.25) is 5.91 Å². The van der Waals surface area contributed by atoms with E-state index in [1.54, 1.807) is 0 Å². The van der Waals surface area contributed by atoms with E-state index < -0.39 is 5.41 Å². The van der Waals surface area contributed by atoms with Crippen molar-refractivity contribution >= 4 is 23.1 Å². The average molecular weight is 285 g/mol. The molecule has 4 nitrogen and oxygen atoms in total. The number of carbonyl (C=O) groups is 1. The van der Waals surface area contributed by atoms with Crippen LogP contribution in [0.3, 0.4) is 0 Å². The first-order valence-electron chi connectivity index (χ1n) is 7.29. The van der Waals surface area contributed by atoms with E-state index in [9.17, 15) is 4.79 Å². The predicted molar refractivity (Wildman–Crippen MR) is 83.1 cm³/mol. The van der Waals surface area contributed by atoms with Gasteiger partial charge in [-0.25, -0.2) is 0 Å². The Labute approximate surface area is 122 Å². The fraction of sp³-hybridized carbons (Fsp3) is 0.857. The zero-order valence-electron chi connectivity index (χ0n) is 12.4. The minimum Gasteiger partial charge on any atom is -0.392 e. The van der Waals surface area contributed by atoms with E-state index in [4.69, 9.17) is 18.0 Å². The molecule has 19 heavy (non-hydrogen) atoms. The molecule has 3 N–H and O–H groups in total. The minimum absolute atomic E-state index is 0.0169. The Bertz CT molecular complexity index is 323. The molecule has 1 heterocycles. The van der Waals surface area contributed by atoms with Crippen molar-refractivity contribution in [2.75, 3.05) is 19.6 Å². The summed E-state index contributed by atoms with van der Waals surface area (Å²) in [4.78, 5) is 15.2. The second-order valence-electron chi connectivity index (χ2n) is 5.54. The maximum atomic E-state index is 12.5. The quantitative estimate of drug-likeness (QED) is 0.699. The summed E-state index contributed by atoms with van der Waals surface area (Å²) >= 11 is 5.11. The van der Waals surface area contributed by atoms with E-state index in [2.05, 4.69) is 10.2 Å². The van der Waals surface area contributed by atoms with Crippen LogP contribution in [0.4, 0.5) is 0 Å². The molecule has 0 aliphatic carbocycles. The highest BCUT2D eigenvalue weighted by molar-refractivity contribution is 7.80. The lowest BCUT2D eigenvalue weighted by Crippen LogP contribution is -2.52. The fourth-order valence-corrected chi connectivity index (χ4v) is 3.17. The summed E-state index contributed by atoms with van der Waals surface area (Å²) in [7, 11) is 0. The number of amides is 1. The summed E-state index contributed by atoms with van der Waals surface area (Å²) in [6.45, 7) is 9.17. The zero-order valence-corrected chi connectivity index (χ0v) is 13.2. The molecule has 110 valence electrons. The van der Waals surface area contributed by atoms with Crippen LogP contribution in [0.2, 0.25) is 0 Å². The Kier molecular flexibility index (Phi) is 6.20. The van der Waals surface area contributed by atoms with Gasteiger partial charge in [0.05, 0.1) is 10.4 Å². The van der Waals surface area contributed by atoms with E-state index in [-0.39, 0.29) is 11.9 Å². The number of carbonyl (C=O) groups excluding carboxylic acids is 1. The van der Waals surface area contributed by atoms with Gasteiger partial charge < -0.3 is 16.0 Å². The largest absolute Gasteiger partial charge is 0.392 e. The second kappa shape index (κ2) is 7.20. The third-order valence-electron chi connectivity index (χ3n) is 4.22. The number of nitrogens with two attached hydrogens (primary N) is 1. The molecular formula is C14H27N3OS. The van der Waals surface area contributed by atoms with E-state index in [0.29, 0.717) is 17.8 Å². The maximum absolute atomic E-state index is 12.5. The molecule has 1 rings (SSSR count). The van der Waals surface area contributed by atoms with Crippen molar-refractivity contribution in [2.45, 2.75) is 52.5 Å². The summed E-state index contributed by atoms with van der Waals surface area (Å²) in [5.41, 5.74) is 5.11. The molecule has 0 spiro atoms. The Balaban J connectivity index is 2.58. The molecule has 1 saturated heterocycles. The first-order valence-corrected chi connectivity index (χ1v) is 7.70. The van der Waals surface area contributed by atoms with Gasteiger partial charge >= 0.3 is 0 Å². The summed E-state index contributed by atoms with van der Waals surface area (Å²) in [5, 5.41) is 3.08. The van der Waals surface area contributed by atoms with Gasteiger partial charge in [-0.15, -0.1) is 0 Å². The molecule has 0 bridgehead atoms. The van der Waals surface area contributed by atoms with Gasteiger partial charge in [0.1, 0.15) is 0 Å². The Morgan fingerprint density at radius 2 is 1.89 bits per heavy atom. The lowest BCUT2D eigenvalue weighted by molar-refractivity contribution is -0.128. The summed E-state index contributed by atoms with van der Waals surface area (Å²) in [5.74, 6) is -0.0169. The second-order valence-corrected chi connectivity index (χ2v) is 5.98. The fourth-order valence-electron chi connectivity index (χ4n) is 2.79. The van der Waals surface area contributed by atoms with Crippen LogP contribution in [-0.2, 0) is 4.79 Å². The van der Waals surface area contributed by atoms with Crippen LogP contribution in [0, 0.1) is 5.41 Å². The van der Waals surface area contributed by atoms with Crippen LogP contribution >= 0.6 is 12.2 Å². The third kappa shape index (κ3) is 3.89. The van der Waals surface area contributed by atoms with Gasteiger partial charge in [-0.2, -0.15) is 0 Å². The van der Waals surface area contributed by atoms with E-state index in [0.717, 1.165) is 19.6 Å². The predicted octanol–water partition coefficient (Wildman–Crippen LogP) is 1.68. The van der Waals surface area contributed by atoms with Crippen molar-refractivity contribution in [3.63, 3.8) is 0 Å². The molecule has 5 heteroatoms. The molecule has 1 amide bonds. The molecule has 1 atom stereocenters. The summed E-state index contributed by atoms with van der Waals surface area (Å²) in [6.07, 6.45) is 3.84. The SMILES string of the molecule is CCC(CC)(C(=O)NC(C)CN1CCCC1)C(N)=S. The summed E-state index contributed by atoms with van der Waals surface area (Å²) < 4.78 is 0. The number of rotatable bonds is 7. The number of likely N-dealkylation sites (tertiary alicyclic amines) is 1. The average Bonchev–Trinajstić information content (AvgIpc) is 2.83. The molecular weight excluding hydrogens is 258 g/mol. The topological polar surface area (TPSA) is 58.4 Å². The van der Waals surface area contributed by atoms with E-state index in [1.165, 1.54) is 12.8 Å². The minimum atomic E-state index is -0.686. The normalized spacial score (nSPS) is 18.3. The number of nitrogens with one attached hydrogen (secondary N) is 1. The van der Waals surface area contributed by atoms with Crippen LogP contribution in [0.5, 0.6) is 0 Å². The Morgan fingerprint density at radius 1 is 1.37 bits per heavy atom. The molecule has 1 aliphatic rings. The van der Waals surface area contributed by atoms with Crippen molar-refractivity contribution in [3.05, 3.63) is 0 Å². The molecule has 0 radical (unpaired) electrons. The van der Waals surface area contributed by atoms with Crippen molar-refractivity contribution in [3.8, 4) is 0 Å². The Hall–Kier alpha value is -0.680. The van der Waals surface area contributed by atoms with Crippen LogP contribution in [0.15, 0.2) is 0 Å².